The second-order valence-electron chi connectivity index (χ2n) is 9.83. The quantitative estimate of drug-likeness (QED) is 0.447. The Morgan fingerprint density at radius 3 is 2.09 bits per heavy atom. The lowest BCUT2D eigenvalue weighted by molar-refractivity contribution is -0.322. The normalized spacial score (nSPS) is 38.9. The summed E-state index contributed by atoms with van der Waals surface area (Å²) < 4.78 is 98.7. The average molecular weight is 474 g/mol. The molecule has 4 bridgehead atoms. The molecular formula is C20H24F6O6. The Morgan fingerprint density at radius 1 is 0.969 bits per heavy atom. The first kappa shape index (κ1) is 23.6. The summed E-state index contributed by atoms with van der Waals surface area (Å²) in [6.07, 6.45) is -4.36. The van der Waals surface area contributed by atoms with E-state index in [1.165, 1.54) is 0 Å². The van der Waals surface area contributed by atoms with Crippen LogP contribution in [0, 0.1) is 17.8 Å². The van der Waals surface area contributed by atoms with Gasteiger partial charge in [-0.25, -0.2) is 14.0 Å². The van der Waals surface area contributed by atoms with Crippen molar-refractivity contribution < 1.29 is 54.9 Å². The molecule has 0 N–H and O–H groups in total. The molecule has 0 aromatic rings. The van der Waals surface area contributed by atoms with Crippen LogP contribution in [0.25, 0.3) is 0 Å². The maximum absolute atomic E-state index is 14.0. The number of hydrogen-bond acceptors (Lipinski definition) is 6. The second kappa shape index (κ2) is 7.22. The lowest BCUT2D eigenvalue weighted by Gasteiger charge is -2.62. The minimum atomic E-state index is -6.06. The van der Waals surface area contributed by atoms with Gasteiger partial charge in [0.05, 0.1) is 6.61 Å². The number of hydrogen-bond donors (Lipinski definition) is 0. The van der Waals surface area contributed by atoms with Crippen LogP contribution in [0.3, 0.4) is 0 Å². The summed E-state index contributed by atoms with van der Waals surface area (Å²) in [5.41, 5.74) is -2.98. The molecule has 5 aliphatic rings. The Hall–Kier alpha value is -1.56. The zero-order valence-electron chi connectivity index (χ0n) is 17.5. The highest BCUT2D eigenvalue weighted by Crippen LogP contribution is 2.64. The smallest absolute Gasteiger partial charge is 0.458 e. The van der Waals surface area contributed by atoms with Crippen molar-refractivity contribution in [3.63, 3.8) is 0 Å². The molecule has 1 spiro atoms. The van der Waals surface area contributed by atoms with Crippen molar-refractivity contribution in [1.82, 2.24) is 0 Å². The molecule has 3 atom stereocenters. The van der Waals surface area contributed by atoms with Crippen LogP contribution in [0.2, 0.25) is 0 Å². The summed E-state index contributed by atoms with van der Waals surface area (Å²) >= 11 is 0. The molecule has 4 aliphatic carbocycles. The van der Waals surface area contributed by atoms with Crippen molar-refractivity contribution in [1.29, 1.82) is 0 Å². The molecular weight excluding hydrogens is 450 g/mol. The van der Waals surface area contributed by atoms with Crippen molar-refractivity contribution in [2.45, 2.75) is 81.2 Å². The van der Waals surface area contributed by atoms with Gasteiger partial charge in [-0.2, -0.15) is 22.0 Å². The third kappa shape index (κ3) is 3.76. The molecule has 0 radical (unpaired) electrons. The van der Waals surface area contributed by atoms with E-state index in [0.29, 0.717) is 32.1 Å². The van der Waals surface area contributed by atoms with Crippen molar-refractivity contribution in [3.05, 3.63) is 0 Å². The lowest BCUT2D eigenvalue weighted by atomic mass is 9.51. The summed E-state index contributed by atoms with van der Waals surface area (Å²) in [5, 5.41) is 0. The molecule has 1 saturated heterocycles. The summed E-state index contributed by atoms with van der Waals surface area (Å²) in [6.45, 7) is 1.28. The zero-order chi connectivity index (χ0) is 23.7. The van der Waals surface area contributed by atoms with Crippen LogP contribution in [0.5, 0.6) is 0 Å². The fourth-order valence-electron chi connectivity index (χ4n) is 5.73. The van der Waals surface area contributed by atoms with Crippen LogP contribution >= 0.6 is 0 Å². The Labute approximate surface area is 179 Å². The number of carbonyl (C=O) groups excluding carboxylic acids is 2. The number of halogens is 6. The number of esters is 2. The highest BCUT2D eigenvalue weighted by Gasteiger charge is 2.68. The molecule has 32 heavy (non-hydrogen) atoms. The van der Waals surface area contributed by atoms with Gasteiger partial charge in [-0.05, 0) is 51.9 Å². The van der Waals surface area contributed by atoms with Crippen LogP contribution in [-0.2, 0) is 28.5 Å². The molecule has 3 unspecified atom stereocenters. The summed E-state index contributed by atoms with van der Waals surface area (Å²) in [4.78, 5) is 23.4. The number of alkyl halides is 6. The fourth-order valence-corrected chi connectivity index (χ4v) is 5.73. The lowest BCUT2D eigenvalue weighted by Crippen LogP contribution is -2.65. The minimum absolute atomic E-state index is 0.146. The maximum atomic E-state index is 14.0. The predicted molar refractivity (Wildman–Crippen MR) is 93.1 cm³/mol. The largest absolute Gasteiger partial charge is 0.465 e. The van der Waals surface area contributed by atoms with Gasteiger partial charge in [0, 0.05) is 11.8 Å². The van der Waals surface area contributed by atoms with Gasteiger partial charge in [0.25, 0.3) is 0 Å². The molecule has 0 aromatic carbocycles. The summed E-state index contributed by atoms with van der Waals surface area (Å²) in [7, 11) is 0. The van der Waals surface area contributed by atoms with Crippen LogP contribution in [0.4, 0.5) is 26.3 Å². The van der Waals surface area contributed by atoms with E-state index in [4.69, 9.17) is 14.2 Å². The highest BCUT2D eigenvalue weighted by atomic mass is 19.4. The molecule has 5 rings (SSSR count). The molecule has 0 aromatic heterocycles. The van der Waals surface area contributed by atoms with E-state index in [1.807, 2.05) is 0 Å². The topological polar surface area (TPSA) is 71.1 Å². The van der Waals surface area contributed by atoms with Crippen molar-refractivity contribution in [2.24, 2.45) is 17.8 Å². The fraction of sp³-hybridized carbons (Fsp3) is 0.900. The van der Waals surface area contributed by atoms with E-state index < -0.39 is 53.8 Å². The van der Waals surface area contributed by atoms with Gasteiger partial charge in [0.15, 0.2) is 5.79 Å². The van der Waals surface area contributed by atoms with Gasteiger partial charge in [-0.15, -0.1) is 0 Å². The molecule has 6 nitrogen and oxygen atoms in total. The number of ether oxygens (including phenoxy) is 4. The standard InChI is InChI=1S/C20H24F6O6/c1-16(2,21)14(27)32-17-5-10-3-11(6-17)18(12(4-10)7-17)30-9-13(31-18)8-29-15(28)19(22,23)20(24,25)26/h10-13H,3-9H2,1-2H3. The number of rotatable bonds is 5. The average Bonchev–Trinajstić information content (AvgIpc) is 3.07. The van der Waals surface area contributed by atoms with Gasteiger partial charge in [-0.1, -0.05) is 0 Å². The third-order valence-electron chi connectivity index (χ3n) is 6.92. The maximum Gasteiger partial charge on any atom is 0.465 e. The van der Waals surface area contributed by atoms with E-state index in [2.05, 4.69) is 4.74 Å². The Morgan fingerprint density at radius 2 is 1.56 bits per heavy atom. The first-order valence-electron chi connectivity index (χ1n) is 10.4. The first-order valence-corrected chi connectivity index (χ1v) is 10.4. The van der Waals surface area contributed by atoms with Gasteiger partial charge in [0.1, 0.15) is 18.3 Å². The molecule has 12 heteroatoms. The second-order valence-corrected chi connectivity index (χ2v) is 9.83. The Bertz CT molecular complexity index is 774. The molecule has 0 amide bonds. The molecule has 4 saturated carbocycles. The predicted octanol–water partition coefficient (Wildman–Crippen LogP) is 3.71. The van der Waals surface area contributed by atoms with Crippen LogP contribution in [-0.4, -0.2) is 60.4 Å². The molecule has 1 heterocycles. The van der Waals surface area contributed by atoms with Crippen LogP contribution < -0.4 is 0 Å². The van der Waals surface area contributed by atoms with Crippen molar-refractivity contribution in [3.8, 4) is 0 Å². The number of carbonyl (C=O) groups is 2. The van der Waals surface area contributed by atoms with Crippen molar-refractivity contribution in [2.75, 3.05) is 13.2 Å². The monoisotopic (exact) mass is 474 g/mol. The van der Waals surface area contributed by atoms with Gasteiger partial charge >= 0.3 is 24.0 Å². The van der Waals surface area contributed by atoms with E-state index >= 15 is 0 Å². The van der Waals surface area contributed by atoms with E-state index in [0.717, 1.165) is 13.8 Å². The van der Waals surface area contributed by atoms with Crippen molar-refractivity contribution >= 4 is 11.9 Å². The summed E-state index contributed by atoms with van der Waals surface area (Å²) in [5.74, 6) is -10.6. The van der Waals surface area contributed by atoms with Gasteiger partial charge in [-0.3, -0.25) is 0 Å². The molecule has 1 aliphatic heterocycles. The summed E-state index contributed by atoms with van der Waals surface area (Å²) in [6, 6.07) is 0. The molecule has 5 fully saturated rings. The highest BCUT2D eigenvalue weighted by molar-refractivity contribution is 5.79. The molecule has 182 valence electrons. The zero-order valence-corrected chi connectivity index (χ0v) is 17.5. The van der Waals surface area contributed by atoms with Crippen LogP contribution in [0.1, 0.15) is 46.0 Å². The SMILES string of the molecule is CC(C)(F)C(=O)OC12CC3CC(C1)C1(OCC(COC(=O)C(F)(F)C(F)(F)F)O1)C(C3)C2. The Balaban J connectivity index is 1.41. The third-order valence-corrected chi connectivity index (χ3v) is 6.92. The first-order chi connectivity index (χ1) is 14.6. The van der Waals surface area contributed by atoms with Gasteiger partial charge in [0.2, 0.25) is 5.67 Å². The van der Waals surface area contributed by atoms with E-state index in [1.54, 1.807) is 0 Å². The van der Waals surface area contributed by atoms with E-state index in [9.17, 15) is 35.9 Å². The minimum Gasteiger partial charge on any atom is -0.458 e. The Kier molecular flexibility index (Phi) is 5.32. The van der Waals surface area contributed by atoms with Crippen LogP contribution in [0.15, 0.2) is 0 Å². The van der Waals surface area contributed by atoms with Gasteiger partial charge < -0.3 is 18.9 Å². The van der Waals surface area contributed by atoms with E-state index in [-0.39, 0.29) is 24.4 Å².